The Morgan fingerprint density at radius 3 is 2.31 bits per heavy atom. The second-order valence-electron chi connectivity index (χ2n) is 6.72. The van der Waals surface area contributed by atoms with E-state index in [1.165, 1.54) is 35.8 Å². The summed E-state index contributed by atoms with van der Waals surface area (Å²) in [6.45, 7) is -0.0662. The first kappa shape index (κ1) is 21.3. The molecule has 0 spiro atoms. The average molecular weight is 435 g/mol. The summed E-state index contributed by atoms with van der Waals surface area (Å²) in [4.78, 5) is 41.2. The fraction of sp³-hybridized carbons (Fsp3) is 0.286. The molecule has 8 heteroatoms. The summed E-state index contributed by atoms with van der Waals surface area (Å²) in [7, 11) is 1.51. The van der Waals surface area contributed by atoms with Crippen LogP contribution in [0.1, 0.15) is 32.7 Å². The molecular weight excluding hydrogens is 415 g/mol. The summed E-state index contributed by atoms with van der Waals surface area (Å²) in [6.07, 6.45) is 2.19. The zero-order valence-corrected chi connectivity index (χ0v) is 17.6. The molecule has 5 nitrogen and oxygen atoms in total. The summed E-state index contributed by atoms with van der Waals surface area (Å²) in [5.74, 6) is -1.34. The molecule has 0 N–H and O–H groups in total. The molecule has 152 valence electrons. The number of carbonyl (C=O) groups excluding carboxylic acids is 3. The highest BCUT2D eigenvalue weighted by Gasteiger charge is 2.43. The minimum atomic E-state index is -0.967. The van der Waals surface area contributed by atoms with E-state index in [0.717, 1.165) is 4.90 Å². The minimum Gasteiger partial charge on any atom is -0.339 e. The van der Waals surface area contributed by atoms with E-state index in [2.05, 4.69) is 0 Å². The SMILES string of the molecule is CSCC[C@H](C(=O)N(C)Cc1c(F)cccc1Cl)N1C(=O)c2ccccc2C1=O. The Labute approximate surface area is 177 Å². The first-order valence-corrected chi connectivity index (χ1v) is 10.8. The van der Waals surface area contributed by atoms with Crippen LogP contribution < -0.4 is 0 Å². The van der Waals surface area contributed by atoms with Crippen molar-refractivity contribution in [3.63, 3.8) is 0 Å². The topological polar surface area (TPSA) is 57.7 Å². The first-order valence-electron chi connectivity index (χ1n) is 9.00. The number of amides is 3. The van der Waals surface area contributed by atoms with Crippen LogP contribution in [0.5, 0.6) is 0 Å². The molecule has 2 aromatic carbocycles. The van der Waals surface area contributed by atoms with E-state index in [9.17, 15) is 18.8 Å². The molecule has 0 saturated carbocycles. The summed E-state index contributed by atoms with van der Waals surface area (Å²) in [5.41, 5.74) is 0.773. The van der Waals surface area contributed by atoms with Crippen LogP contribution in [0.2, 0.25) is 5.02 Å². The van der Waals surface area contributed by atoms with E-state index in [1.807, 2.05) is 6.26 Å². The van der Waals surface area contributed by atoms with Crippen molar-refractivity contribution in [1.82, 2.24) is 9.80 Å². The molecule has 1 atom stereocenters. The molecule has 2 aromatic rings. The second kappa shape index (κ2) is 8.97. The van der Waals surface area contributed by atoms with Crippen LogP contribution in [0.25, 0.3) is 0 Å². The van der Waals surface area contributed by atoms with Gasteiger partial charge >= 0.3 is 0 Å². The van der Waals surface area contributed by atoms with Crippen LogP contribution in [0.4, 0.5) is 4.39 Å². The van der Waals surface area contributed by atoms with Crippen molar-refractivity contribution in [1.29, 1.82) is 0 Å². The van der Waals surface area contributed by atoms with Gasteiger partial charge in [-0.05, 0) is 42.7 Å². The molecule has 1 aliphatic heterocycles. The number of imide groups is 1. The Hall–Kier alpha value is -2.38. The average Bonchev–Trinajstić information content (AvgIpc) is 2.96. The van der Waals surface area contributed by atoms with Gasteiger partial charge in [0.2, 0.25) is 5.91 Å². The van der Waals surface area contributed by atoms with Crippen molar-refractivity contribution in [3.05, 3.63) is 70.0 Å². The smallest absolute Gasteiger partial charge is 0.262 e. The lowest BCUT2D eigenvalue weighted by atomic mass is 10.1. The van der Waals surface area contributed by atoms with Gasteiger partial charge < -0.3 is 4.90 Å². The summed E-state index contributed by atoms with van der Waals surface area (Å²) in [6, 6.07) is 9.86. The van der Waals surface area contributed by atoms with E-state index in [1.54, 1.807) is 30.3 Å². The van der Waals surface area contributed by atoms with Gasteiger partial charge in [-0.25, -0.2) is 4.39 Å². The predicted octanol–water partition coefficient (Wildman–Crippen LogP) is 3.86. The Balaban J connectivity index is 1.88. The van der Waals surface area contributed by atoms with Crippen molar-refractivity contribution in [2.45, 2.75) is 19.0 Å². The van der Waals surface area contributed by atoms with Gasteiger partial charge in [0.1, 0.15) is 11.9 Å². The standard InChI is InChI=1S/C21H20ClFN2O3S/c1-24(12-15-16(22)8-5-9-17(15)23)21(28)18(10-11-29-2)25-19(26)13-6-3-4-7-14(13)20(25)27/h3-9,18H,10-12H2,1-2H3/t18-/m1/s1. The fourth-order valence-corrected chi connectivity index (χ4v) is 4.02. The molecule has 29 heavy (non-hydrogen) atoms. The molecule has 1 heterocycles. The Kier molecular flexibility index (Phi) is 6.59. The Bertz CT molecular complexity index is 913. The third-order valence-corrected chi connectivity index (χ3v) is 5.85. The predicted molar refractivity (Wildman–Crippen MR) is 112 cm³/mol. The number of nitrogens with zero attached hydrogens (tertiary/aromatic N) is 2. The van der Waals surface area contributed by atoms with Gasteiger partial charge in [0, 0.05) is 24.2 Å². The van der Waals surface area contributed by atoms with Crippen LogP contribution in [0.15, 0.2) is 42.5 Å². The van der Waals surface area contributed by atoms with Gasteiger partial charge in [0.25, 0.3) is 11.8 Å². The van der Waals surface area contributed by atoms with E-state index in [4.69, 9.17) is 11.6 Å². The van der Waals surface area contributed by atoms with Gasteiger partial charge in [-0.3, -0.25) is 19.3 Å². The third-order valence-electron chi connectivity index (χ3n) is 4.85. The van der Waals surface area contributed by atoms with Crippen LogP contribution in [-0.2, 0) is 11.3 Å². The van der Waals surface area contributed by atoms with Gasteiger partial charge in [0.15, 0.2) is 0 Å². The highest BCUT2D eigenvalue weighted by molar-refractivity contribution is 7.98. The summed E-state index contributed by atoms with van der Waals surface area (Å²) in [5, 5.41) is 0.214. The number of hydrogen-bond acceptors (Lipinski definition) is 4. The maximum atomic E-state index is 14.1. The van der Waals surface area contributed by atoms with Crippen molar-refractivity contribution < 1.29 is 18.8 Å². The van der Waals surface area contributed by atoms with Gasteiger partial charge in [-0.2, -0.15) is 11.8 Å². The highest BCUT2D eigenvalue weighted by atomic mass is 35.5. The molecule has 1 aliphatic rings. The second-order valence-corrected chi connectivity index (χ2v) is 8.11. The zero-order valence-electron chi connectivity index (χ0n) is 16.0. The molecule has 0 aliphatic carbocycles. The fourth-order valence-electron chi connectivity index (χ4n) is 3.34. The largest absolute Gasteiger partial charge is 0.339 e. The quantitative estimate of drug-likeness (QED) is 0.621. The minimum absolute atomic E-state index is 0.0662. The lowest BCUT2D eigenvalue weighted by Gasteiger charge is -2.29. The number of carbonyl (C=O) groups is 3. The number of halogens is 2. The lowest BCUT2D eigenvalue weighted by molar-refractivity contribution is -0.134. The molecule has 3 amide bonds. The van der Waals surface area contributed by atoms with Crippen LogP contribution in [0.3, 0.4) is 0 Å². The van der Waals surface area contributed by atoms with Crippen LogP contribution >= 0.6 is 23.4 Å². The number of benzene rings is 2. The Morgan fingerprint density at radius 1 is 1.14 bits per heavy atom. The monoisotopic (exact) mass is 434 g/mol. The van der Waals surface area contributed by atoms with E-state index >= 15 is 0 Å². The molecule has 0 saturated heterocycles. The molecule has 0 radical (unpaired) electrons. The number of rotatable bonds is 7. The zero-order chi connectivity index (χ0) is 21.1. The maximum absolute atomic E-state index is 14.1. The lowest BCUT2D eigenvalue weighted by Crippen LogP contribution is -2.50. The number of likely N-dealkylation sites (N-methyl/N-ethyl adjacent to an activating group) is 1. The van der Waals surface area contributed by atoms with E-state index in [0.29, 0.717) is 23.3 Å². The van der Waals surface area contributed by atoms with Crippen molar-refractivity contribution >= 4 is 41.1 Å². The number of fused-ring (bicyclic) bond motifs is 1. The molecule has 0 fully saturated rings. The maximum Gasteiger partial charge on any atom is 0.262 e. The Morgan fingerprint density at radius 2 is 1.76 bits per heavy atom. The van der Waals surface area contributed by atoms with Crippen LogP contribution in [0, 0.1) is 5.82 Å². The third kappa shape index (κ3) is 4.16. The molecule has 0 aromatic heterocycles. The van der Waals surface area contributed by atoms with E-state index < -0.39 is 29.6 Å². The van der Waals surface area contributed by atoms with Crippen LogP contribution in [-0.4, -0.2) is 52.6 Å². The van der Waals surface area contributed by atoms with Crippen molar-refractivity contribution in [2.24, 2.45) is 0 Å². The molecule has 0 bridgehead atoms. The number of thioether (sulfide) groups is 1. The van der Waals surface area contributed by atoms with Crippen molar-refractivity contribution in [3.8, 4) is 0 Å². The summed E-state index contributed by atoms with van der Waals surface area (Å²) < 4.78 is 14.1. The first-order chi connectivity index (χ1) is 13.9. The molecular formula is C21H20ClFN2O3S. The van der Waals surface area contributed by atoms with Crippen molar-refractivity contribution in [2.75, 3.05) is 19.1 Å². The van der Waals surface area contributed by atoms with Gasteiger partial charge in [-0.1, -0.05) is 29.8 Å². The van der Waals surface area contributed by atoms with Gasteiger partial charge in [-0.15, -0.1) is 0 Å². The van der Waals surface area contributed by atoms with E-state index in [-0.39, 0.29) is 17.1 Å². The molecule has 0 unspecified atom stereocenters. The molecule has 3 rings (SSSR count). The number of hydrogen-bond donors (Lipinski definition) is 0. The van der Waals surface area contributed by atoms with Gasteiger partial charge in [0.05, 0.1) is 11.1 Å². The highest BCUT2D eigenvalue weighted by Crippen LogP contribution is 2.28. The summed E-state index contributed by atoms with van der Waals surface area (Å²) >= 11 is 7.59. The normalized spacial score (nSPS) is 14.1.